The minimum absolute atomic E-state index is 0.251. The van der Waals surface area contributed by atoms with Gasteiger partial charge in [0, 0.05) is 24.0 Å². The van der Waals surface area contributed by atoms with E-state index in [2.05, 4.69) is 0 Å². The number of rotatable bonds is 5. The van der Waals surface area contributed by atoms with Gasteiger partial charge >= 0.3 is 5.97 Å². The van der Waals surface area contributed by atoms with E-state index in [1.54, 1.807) is 0 Å². The van der Waals surface area contributed by atoms with E-state index in [-0.39, 0.29) is 5.97 Å². The Hall–Kier alpha value is -2.68. The van der Waals surface area contributed by atoms with Gasteiger partial charge in [-0.25, -0.2) is 4.79 Å². The molecule has 0 unspecified atom stereocenters. The Morgan fingerprint density at radius 3 is 1.92 bits per heavy atom. The van der Waals surface area contributed by atoms with Gasteiger partial charge in [-0.2, -0.15) is 0 Å². The summed E-state index contributed by atoms with van der Waals surface area (Å²) in [6.45, 7) is 2.19. The third-order valence-electron chi connectivity index (χ3n) is 4.15. The van der Waals surface area contributed by atoms with Crippen molar-refractivity contribution in [2.24, 2.45) is 4.99 Å². The van der Waals surface area contributed by atoms with E-state index in [0.717, 1.165) is 16.8 Å². The van der Waals surface area contributed by atoms with Crippen LogP contribution in [0.5, 0.6) is 0 Å². The van der Waals surface area contributed by atoms with Crippen LogP contribution in [0.3, 0.4) is 0 Å². The fraction of sp³-hybridized carbons (Fsp3) is 0.238. The number of carbonyl (C=O) groups excluding carboxylic acids is 1. The zero-order valence-electron chi connectivity index (χ0n) is 13.8. The summed E-state index contributed by atoms with van der Waals surface area (Å²) in [6.07, 6.45) is 5.17. The minimum Gasteiger partial charge on any atom is -0.464 e. The number of hydrogen-bond donors (Lipinski definition) is 0. The fourth-order valence-electron chi connectivity index (χ4n) is 2.91. The van der Waals surface area contributed by atoms with E-state index < -0.39 is 5.54 Å². The highest BCUT2D eigenvalue weighted by molar-refractivity contribution is 6.13. The average Bonchev–Trinajstić information content (AvgIpc) is 3.11. The molecular formula is C21H21NO2. The largest absolute Gasteiger partial charge is 0.464 e. The van der Waals surface area contributed by atoms with Crippen LogP contribution in [0.2, 0.25) is 0 Å². The molecule has 0 amide bonds. The Bertz CT molecular complexity index is 698. The van der Waals surface area contributed by atoms with Crippen LogP contribution < -0.4 is 0 Å². The fourth-order valence-corrected chi connectivity index (χ4v) is 2.91. The molecule has 1 aliphatic carbocycles. The van der Waals surface area contributed by atoms with Crippen molar-refractivity contribution < 1.29 is 9.53 Å². The summed E-state index contributed by atoms with van der Waals surface area (Å²) in [5.74, 6) is -0.251. The first-order valence-corrected chi connectivity index (χ1v) is 8.28. The minimum atomic E-state index is -0.850. The number of ether oxygens (including phenoxy) is 1. The van der Waals surface area contributed by atoms with Crippen molar-refractivity contribution >= 4 is 11.7 Å². The Kier molecular flexibility index (Phi) is 4.90. The number of hydrogen-bond acceptors (Lipinski definition) is 3. The summed E-state index contributed by atoms with van der Waals surface area (Å²) in [4.78, 5) is 17.5. The molecule has 0 saturated heterocycles. The first-order chi connectivity index (χ1) is 11.7. The zero-order chi connectivity index (χ0) is 16.8. The molecule has 0 aliphatic heterocycles. The molecule has 3 rings (SSSR count). The van der Waals surface area contributed by atoms with E-state index in [1.807, 2.05) is 79.7 Å². The Morgan fingerprint density at radius 1 is 0.958 bits per heavy atom. The van der Waals surface area contributed by atoms with Crippen molar-refractivity contribution in [1.29, 1.82) is 0 Å². The van der Waals surface area contributed by atoms with Crippen molar-refractivity contribution in [2.75, 3.05) is 6.61 Å². The monoisotopic (exact) mass is 319 g/mol. The maximum Gasteiger partial charge on any atom is 0.334 e. The molecule has 3 heteroatoms. The zero-order valence-corrected chi connectivity index (χ0v) is 13.8. The highest BCUT2D eigenvalue weighted by Gasteiger charge is 2.40. The van der Waals surface area contributed by atoms with Gasteiger partial charge in [0.05, 0.1) is 12.3 Å². The second kappa shape index (κ2) is 7.26. The summed E-state index contributed by atoms with van der Waals surface area (Å²) in [6, 6.07) is 20.0. The molecule has 2 aromatic rings. The number of benzene rings is 2. The highest BCUT2D eigenvalue weighted by atomic mass is 16.5. The average molecular weight is 319 g/mol. The maximum atomic E-state index is 12.6. The van der Waals surface area contributed by atoms with E-state index in [9.17, 15) is 4.79 Å². The lowest BCUT2D eigenvalue weighted by molar-refractivity contribution is -0.149. The summed E-state index contributed by atoms with van der Waals surface area (Å²) < 4.78 is 5.32. The summed E-state index contributed by atoms with van der Waals surface area (Å²) in [5.41, 5.74) is 1.98. The van der Waals surface area contributed by atoms with Gasteiger partial charge < -0.3 is 4.74 Å². The predicted octanol–water partition coefficient (Wildman–Crippen LogP) is 4.18. The standard InChI is InChI=1S/C21H21NO2/c1-2-24-20(23)21(15-9-10-16-21)22-19(17-11-5-3-6-12-17)18-13-7-4-8-14-18/h3-14H,2,15-16H2,1H3. The molecule has 122 valence electrons. The van der Waals surface area contributed by atoms with Gasteiger partial charge in [0.15, 0.2) is 5.54 Å². The topological polar surface area (TPSA) is 38.7 Å². The van der Waals surface area contributed by atoms with E-state index in [4.69, 9.17) is 9.73 Å². The Labute approximate surface area is 142 Å². The first kappa shape index (κ1) is 16.2. The van der Waals surface area contributed by atoms with Gasteiger partial charge in [-0.3, -0.25) is 4.99 Å². The molecule has 3 nitrogen and oxygen atoms in total. The van der Waals surface area contributed by atoms with Gasteiger partial charge in [-0.1, -0.05) is 72.8 Å². The van der Waals surface area contributed by atoms with E-state index in [1.165, 1.54) is 0 Å². The Balaban J connectivity index is 2.10. The first-order valence-electron chi connectivity index (χ1n) is 8.28. The van der Waals surface area contributed by atoms with Crippen molar-refractivity contribution in [3.05, 3.63) is 83.9 Å². The van der Waals surface area contributed by atoms with Crippen LogP contribution in [0.15, 0.2) is 77.8 Å². The number of carbonyl (C=O) groups is 1. The molecule has 0 atom stereocenters. The second-order valence-corrected chi connectivity index (χ2v) is 5.82. The normalized spacial score (nSPS) is 15.0. The van der Waals surface area contributed by atoms with Crippen LogP contribution in [0, 0.1) is 0 Å². The van der Waals surface area contributed by atoms with Crippen LogP contribution in [0.1, 0.15) is 30.9 Å². The van der Waals surface area contributed by atoms with Gasteiger partial charge in [0.1, 0.15) is 0 Å². The summed E-state index contributed by atoms with van der Waals surface area (Å²) in [5, 5.41) is 0. The molecule has 1 aliphatic rings. The van der Waals surface area contributed by atoms with Crippen molar-refractivity contribution in [1.82, 2.24) is 0 Å². The van der Waals surface area contributed by atoms with Gasteiger partial charge in [-0.05, 0) is 6.92 Å². The lowest BCUT2D eigenvalue weighted by Gasteiger charge is -2.24. The number of nitrogens with zero attached hydrogens (tertiary/aromatic N) is 1. The van der Waals surface area contributed by atoms with Gasteiger partial charge in [-0.15, -0.1) is 0 Å². The molecule has 0 aromatic heterocycles. The lowest BCUT2D eigenvalue weighted by atomic mass is 9.95. The van der Waals surface area contributed by atoms with Crippen LogP contribution in [-0.4, -0.2) is 23.8 Å². The SMILES string of the molecule is CCOC(=O)C1(N=C(c2ccccc2)c2ccccc2)CC=CC1. The van der Waals surface area contributed by atoms with Crippen molar-refractivity contribution in [3.63, 3.8) is 0 Å². The number of esters is 1. The molecule has 24 heavy (non-hydrogen) atoms. The summed E-state index contributed by atoms with van der Waals surface area (Å²) >= 11 is 0. The third kappa shape index (κ3) is 3.30. The van der Waals surface area contributed by atoms with E-state index >= 15 is 0 Å². The predicted molar refractivity (Wildman–Crippen MR) is 96.3 cm³/mol. The number of aliphatic imine (C=N–C) groups is 1. The molecular weight excluding hydrogens is 298 g/mol. The van der Waals surface area contributed by atoms with Crippen molar-refractivity contribution in [3.8, 4) is 0 Å². The highest BCUT2D eigenvalue weighted by Crippen LogP contribution is 2.31. The molecule has 0 fully saturated rings. The molecule has 0 spiro atoms. The van der Waals surface area contributed by atoms with Gasteiger partial charge in [0.25, 0.3) is 0 Å². The van der Waals surface area contributed by atoms with Crippen molar-refractivity contribution in [2.45, 2.75) is 25.3 Å². The second-order valence-electron chi connectivity index (χ2n) is 5.82. The maximum absolute atomic E-state index is 12.6. The van der Waals surface area contributed by atoms with Crippen LogP contribution in [0.25, 0.3) is 0 Å². The quantitative estimate of drug-likeness (QED) is 0.471. The Morgan fingerprint density at radius 2 is 1.46 bits per heavy atom. The summed E-state index contributed by atoms with van der Waals surface area (Å²) in [7, 11) is 0. The molecule has 0 saturated carbocycles. The molecule has 2 aromatic carbocycles. The van der Waals surface area contributed by atoms with Crippen LogP contribution >= 0.6 is 0 Å². The third-order valence-corrected chi connectivity index (χ3v) is 4.15. The van der Waals surface area contributed by atoms with E-state index in [0.29, 0.717) is 19.4 Å². The van der Waals surface area contributed by atoms with Crippen LogP contribution in [-0.2, 0) is 9.53 Å². The molecule has 0 heterocycles. The van der Waals surface area contributed by atoms with Crippen LogP contribution in [0.4, 0.5) is 0 Å². The van der Waals surface area contributed by atoms with Gasteiger partial charge in [0.2, 0.25) is 0 Å². The molecule has 0 radical (unpaired) electrons. The molecule has 0 bridgehead atoms. The molecule has 0 N–H and O–H groups in total. The lowest BCUT2D eigenvalue weighted by Crippen LogP contribution is -2.37. The smallest absolute Gasteiger partial charge is 0.334 e.